The van der Waals surface area contributed by atoms with E-state index in [0.29, 0.717) is 0 Å². The number of aliphatic imine (C=N–C) groups is 1. The van der Waals surface area contributed by atoms with E-state index in [1.807, 2.05) is 18.7 Å². The van der Waals surface area contributed by atoms with Gasteiger partial charge in [0, 0.05) is 11.3 Å². The highest BCUT2D eigenvalue weighted by Crippen LogP contribution is 2.45. The standard InChI is InChI=1S/C16H23NO2S/c1-6-15-17-16(7-2,10-20-15)12-9-13(18-4)11(3)8-14(12)19-5/h8-9H,6-7,10H2,1-5H3. The molecule has 0 bridgehead atoms. The van der Waals surface area contributed by atoms with Crippen molar-refractivity contribution in [3.63, 3.8) is 0 Å². The molecule has 1 atom stereocenters. The number of hydrogen-bond donors (Lipinski definition) is 0. The monoisotopic (exact) mass is 293 g/mol. The Bertz CT molecular complexity index is 527. The van der Waals surface area contributed by atoms with E-state index in [0.717, 1.165) is 41.2 Å². The number of rotatable bonds is 5. The molecule has 1 unspecified atom stereocenters. The predicted octanol–water partition coefficient (Wildman–Crippen LogP) is 4.17. The SMILES string of the molecule is CCC1=NC(CC)(c2cc(OC)c(C)cc2OC)CS1. The highest BCUT2D eigenvalue weighted by molar-refractivity contribution is 8.14. The second-order valence-electron chi connectivity index (χ2n) is 5.06. The Hall–Kier alpha value is -1.16. The summed E-state index contributed by atoms with van der Waals surface area (Å²) in [7, 11) is 3.43. The first-order valence-electron chi connectivity index (χ1n) is 7.04. The summed E-state index contributed by atoms with van der Waals surface area (Å²) >= 11 is 1.86. The van der Waals surface area contributed by atoms with Crippen molar-refractivity contribution in [1.29, 1.82) is 0 Å². The Kier molecular flexibility index (Phi) is 4.63. The molecule has 0 N–H and O–H groups in total. The first-order valence-corrected chi connectivity index (χ1v) is 8.03. The third-order valence-electron chi connectivity index (χ3n) is 3.92. The third kappa shape index (κ3) is 2.53. The molecule has 0 saturated heterocycles. The van der Waals surface area contributed by atoms with Gasteiger partial charge in [-0.2, -0.15) is 0 Å². The fourth-order valence-corrected chi connectivity index (χ4v) is 3.88. The smallest absolute Gasteiger partial charge is 0.125 e. The van der Waals surface area contributed by atoms with Gasteiger partial charge < -0.3 is 9.47 Å². The maximum Gasteiger partial charge on any atom is 0.125 e. The van der Waals surface area contributed by atoms with Crippen molar-refractivity contribution >= 4 is 16.8 Å². The molecule has 1 aliphatic rings. The average molecular weight is 293 g/mol. The summed E-state index contributed by atoms with van der Waals surface area (Å²) in [4.78, 5) is 4.98. The lowest BCUT2D eigenvalue weighted by molar-refractivity contribution is 0.377. The Balaban J connectivity index is 2.57. The summed E-state index contributed by atoms with van der Waals surface area (Å²) in [6, 6.07) is 4.15. The molecule has 1 aromatic carbocycles. The lowest BCUT2D eigenvalue weighted by Crippen LogP contribution is -2.24. The van der Waals surface area contributed by atoms with Gasteiger partial charge in [-0.3, -0.25) is 4.99 Å². The highest BCUT2D eigenvalue weighted by atomic mass is 32.2. The van der Waals surface area contributed by atoms with Crippen molar-refractivity contribution in [2.45, 2.75) is 39.2 Å². The first-order chi connectivity index (χ1) is 9.60. The molecule has 0 fully saturated rings. The molecular formula is C16H23NO2S. The van der Waals surface area contributed by atoms with Crippen LogP contribution in [0.1, 0.15) is 37.8 Å². The Morgan fingerprint density at radius 1 is 1.20 bits per heavy atom. The maximum atomic E-state index is 5.60. The Morgan fingerprint density at radius 2 is 1.90 bits per heavy atom. The third-order valence-corrected chi connectivity index (χ3v) is 5.26. The molecule has 1 heterocycles. The fraction of sp³-hybridized carbons (Fsp3) is 0.562. The van der Waals surface area contributed by atoms with E-state index in [2.05, 4.69) is 26.0 Å². The van der Waals surface area contributed by atoms with Crippen molar-refractivity contribution in [2.24, 2.45) is 4.99 Å². The number of ether oxygens (including phenoxy) is 2. The van der Waals surface area contributed by atoms with E-state index in [9.17, 15) is 0 Å². The molecule has 20 heavy (non-hydrogen) atoms. The van der Waals surface area contributed by atoms with Gasteiger partial charge in [-0.25, -0.2) is 0 Å². The van der Waals surface area contributed by atoms with E-state index in [4.69, 9.17) is 14.5 Å². The molecule has 3 nitrogen and oxygen atoms in total. The average Bonchev–Trinajstić information content (AvgIpc) is 2.91. The number of aryl methyl sites for hydroxylation is 1. The summed E-state index contributed by atoms with van der Waals surface area (Å²) in [6.07, 6.45) is 1.96. The van der Waals surface area contributed by atoms with E-state index < -0.39 is 0 Å². The van der Waals surface area contributed by atoms with E-state index in [1.165, 1.54) is 5.04 Å². The molecule has 4 heteroatoms. The topological polar surface area (TPSA) is 30.8 Å². The molecule has 0 aromatic heterocycles. The van der Waals surface area contributed by atoms with Gasteiger partial charge in [-0.15, -0.1) is 11.8 Å². The van der Waals surface area contributed by atoms with Crippen LogP contribution in [0.5, 0.6) is 11.5 Å². The van der Waals surface area contributed by atoms with Crippen molar-refractivity contribution in [2.75, 3.05) is 20.0 Å². The van der Waals surface area contributed by atoms with Crippen molar-refractivity contribution in [3.8, 4) is 11.5 Å². The zero-order valence-corrected chi connectivity index (χ0v) is 13.8. The molecule has 0 amide bonds. The maximum absolute atomic E-state index is 5.60. The van der Waals surface area contributed by atoms with Crippen LogP contribution in [0, 0.1) is 6.92 Å². The van der Waals surface area contributed by atoms with Crippen molar-refractivity contribution in [3.05, 3.63) is 23.3 Å². The Labute approximate surface area is 125 Å². The lowest BCUT2D eigenvalue weighted by atomic mass is 9.88. The number of thioether (sulfide) groups is 1. The predicted molar refractivity (Wildman–Crippen MR) is 86.4 cm³/mol. The minimum Gasteiger partial charge on any atom is -0.496 e. The van der Waals surface area contributed by atoms with Gasteiger partial charge in [-0.05, 0) is 37.5 Å². The second kappa shape index (κ2) is 6.08. The number of hydrogen-bond acceptors (Lipinski definition) is 4. The van der Waals surface area contributed by atoms with Crippen molar-refractivity contribution < 1.29 is 9.47 Å². The van der Waals surface area contributed by atoms with Crippen molar-refractivity contribution in [1.82, 2.24) is 0 Å². The van der Waals surface area contributed by atoms with E-state index in [-0.39, 0.29) is 5.54 Å². The van der Waals surface area contributed by atoms with Crippen LogP contribution in [0.4, 0.5) is 0 Å². The number of nitrogens with zero attached hydrogens (tertiary/aromatic N) is 1. The van der Waals surface area contributed by atoms with Gasteiger partial charge in [0.05, 0.1) is 24.8 Å². The number of methoxy groups -OCH3 is 2. The minimum atomic E-state index is -0.178. The summed E-state index contributed by atoms with van der Waals surface area (Å²) in [5.74, 6) is 2.79. The summed E-state index contributed by atoms with van der Waals surface area (Å²) < 4.78 is 11.1. The molecule has 1 aromatic rings. The zero-order valence-electron chi connectivity index (χ0n) is 12.9. The molecular weight excluding hydrogens is 270 g/mol. The van der Waals surface area contributed by atoms with Gasteiger partial charge >= 0.3 is 0 Å². The molecule has 1 aliphatic heterocycles. The van der Waals surface area contributed by atoms with E-state index in [1.54, 1.807) is 14.2 Å². The van der Waals surface area contributed by atoms with Gasteiger partial charge in [0.15, 0.2) is 0 Å². The summed E-state index contributed by atoms with van der Waals surface area (Å²) in [5.41, 5.74) is 2.05. The molecule has 0 aliphatic carbocycles. The van der Waals surface area contributed by atoms with Crippen LogP contribution in [0.2, 0.25) is 0 Å². The van der Waals surface area contributed by atoms with Crippen LogP contribution in [0.15, 0.2) is 17.1 Å². The first kappa shape index (κ1) is 15.2. The van der Waals surface area contributed by atoms with Gasteiger partial charge in [0.1, 0.15) is 11.5 Å². The largest absolute Gasteiger partial charge is 0.496 e. The quantitative estimate of drug-likeness (QED) is 0.816. The van der Waals surface area contributed by atoms with Gasteiger partial charge in [0.2, 0.25) is 0 Å². The van der Waals surface area contributed by atoms with Crippen LogP contribution < -0.4 is 9.47 Å². The van der Waals surface area contributed by atoms with Gasteiger partial charge in [-0.1, -0.05) is 13.8 Å². The Morgan fingerprint density at radius 3 is 2.40 bits per heavy atom. The molecule has 0 spiro atoms. The molecule has 0 saturated carbocycles. The van der Waals surface area contributed by atoms with Crippen LogP contribution in [-0.2, 0) is 5.54 Å². The molecule has 2 rings (SSSR count). The van der Waals surface area contributed by atoms with E-state index >= 15 is 0 Å². The van der Waals surface area contributed by atoms with Crippen LogP contribution in [-0.4, -0.2) is 25.0 Å². The summed E-state index contributed by atoms with van der Waals surface area (Å²) in [5, 5.41) is 1.23. The van der Waals surface area contributed by atoms with Crippen LogP contribution in [0.3, 0.4) is 0 Å². The normalized spacial score (nSPS) is 21.8. The summed E-state index contributed by atoms with van der Waals surface area (Å²) in [6.45, 7) is 6.38. The zero-order chi connectivity index (χ0) is 14.8. The lowest BCUT2D eigenvalue weighted by Gasteiger charge is -2.27. The highest BCUT2D eigenvalue weighted by Gasteiger charge is 2.38. The molecule has 110 valence electrons. The number of benzene rings is 1. The van der Waals surface area contributed by atoms with Gasteiger partial charge in [0.25, 0.3) is 0 Å². The second-order valence-corrected chi connectivity index (χ2v) is 6.10. The van der Waals surface area contributed by atoms with Crippen LogP contribution >= 0.6 is 11.8 Å². The minimum absolute atomic E-state index is 0.178. The fourth-order valence-electron chi connectivity index (χ4n) is 2.61. The van der Waals surface area contributed by atoms with Crippen LogP contribution in [0.25, 0.3) is 0 Å². The molecule has 0 radical (unpaired) electrons.